The smallest absolute Gasteiger partial charge is 0.264 e. The number of hydrogen-bond acceptors (Lipinski definition) is 5. The van der Waals surface area contributed by atoms with Gasteiger partial charge in [0.25, 0.3) is 17.9 Å². The van der Waals surface area contributed by atoms with Crippen molar-refractivity contribution in [2.75, 3.05) is 0 Å². The third kappa shape index (κ3) is 4.53. The Bertz CT molecular complexity index is 1200. The van der Waals surface area contributed by atoms with Gasteiger partial charge >= 0.3 is 0 Å². The van der Waals surface area contributed by atoms with Gasteiger partial charge in [0.2, 0.25) is 0 Å². The molecule has 0 spiro atoms. The first-order valence-electron chi connectivity index (χ1n) is 9.10. The van der Waals surface area contributed by atoms with Crippen LogP contribution in [0.15, 0.2) is 53.6 Å². The van der Waals surface area contributed by atoms with Crippen LogP contribution in [-0.4, -0.2) is 34.2 Å². The summed E-state index contributed by atoms with van der Waals surface area (Å²) in [6.45, 7) is 1.11. The molecule has 1 amide bonds. The minimum absolute atomic E-state index is 0.0868. The van der Waals surface area contributed by atoms with Gasteiger partial charge in [0.05, 0.1) is 17.2 Å². The highest BCUT2D eigenvalue weighted by Gasteiger charge is 2.39. The number of aromatic nitrogens is 2. The van der Waals surface area contributed by atoms with E-state index in [4.69, 9.17) is 5.21 Å². The summed E-state index contributed by atoms with van der Waals surface area (Å²) in [5, 5.41) is 9.10. The Morgan fingerprint density at radius 1 is 1.23 bits per heavy atom. The van der Waals surface area contributed by atoms with Gasteiger partial charge in [-0.3, -0.25) is 19.4 Å². The quantitative estimate of drug-likeness (QED) is 0.289. The van der Waals surface area contributed by atoms with E-state index in [1.54, 1.807) is 30.3 Å². The molecule has 2 atom stereocenters. The molecular formula is C20H19F2N3O5S. The summed E-state index contributed by atoms with van der Waals surface area (Å²) < 4.78 is 45.8. The highest BCUT2D eigenvalue weighted by molar-refractivity contribution is 7.81. The lowest BCUT2D eigenvalue weighted by molar-refractivity contribution is -0.131. The van der Waals surface area contributed by atoms with E-state index in [1.165, 1.54) is 35.4 Å². The minimum atomic E-state index is -2.59. The van der Waals surface area contributed by atoms with E-state index in [-0.39, 0.29) is 23.9 Å². The number of nitrogens with one attached hydrogen (secondary N) is 1. The van der Waals surface area contributed by atoms with Gasteiger partial charge in [0, 0.05) is 12.1 Å². The second-order valence-electron chi connectivity index (χ2n) is 7.07. The van der Waals surface area contributed by atoms with Gasteiger partial charge in [-0.1, -0.05) is 30.3 Å². The molecule has 0 fully saturated rings. The average Bonchev–Trinajstić information content (AvgIpc) is 2.77. The van der Waals surface area contributed by atoms with Crippen LogP contribution < -0.4 is 11.0 Å². The predicted molar refractivity (Wildman–Crippen MR) is 110 cm³/mol. The molecule has 164 valence electrons. The number of hydroxylamine groups is 1. The van der Waals surface area contributed by atoms with E-state index in [9.17, 15) is 27.1 Å². The van der Waals surface area contributed by atoms with Crippen molar-refractivity contribution in [3.8, 4) is 11.1 Å². The second-order valence-corrected chi connectivity index (χ2v) is 8.47. The standard InChI is InChI=1S/C20H19F2N3O5S/c1-20(31(29)30,19(27)24-28)8-9-25-11-23-16-10-14(6-7-15(16)18(25)26)12-2-4-13(5-3-12)17(21)22/h2-7,10-11,17,28H,8-9H2,1H3,(H,24,27)(H,29,30). The summed E-state index contributed by atoms with van der Waals surface area (Å²) in [6.07, 6.45) is -1.50. The van der Waals surface area contributed by atoms with Crippen LogP contribution in [0.5, 0.6) is 0 Å². The van der Waals surface area contributed by atoms with Crippen molar-refractivity contribution in [2.45, 2.75) is 31.1 Å². The molecular weight excluding hydrogens is 432 g/mol. The lowest BCUT2D eigenvalue weighted by atomic mass is 10.0. The summed E-state index contributed by atoms with van der Waals surface area (Å²) >= 11 is -2.59. The molecule has 3 aromatic rings. The number of halogens is 2. The zero-order chi connectivity index (χ0) is 22.8. The highest BCUT2D eigenvalue weighted by atomic mass is 32.2. The topological polar surface area (TPSA) is 122 Å². The number of hydrogen-bond donors (Lipinski definition) is 3. The summed E-state index contributed by atoms with van der Waals surface area (Å²) in [7, 11) is 0. The molecule has 3 rings (SSSR count). The molecule has 0 aliphatic carbocycles. The van der Waals surface area contributed by atoms with Crippen molar-refractivity contribution in [3.05, 3.63) is 64.7 Å². The lowest BCUT2D eigenvalue weighted by Gasteiger charge is -2.23. The van der Waals surface area contributed by atoms with Crippen LogP contribution in [0.1, 0.15) is 25.3 Å². The molecule has 2 unspecified atom stereocenters. The number of aryl methyl sites for hydroxylation is 1. The number of benzene rings is 2. The van der Waals surface area contributed by atoms with Crippen molar-refractivity contribution < 1.29 is 27.5 Å². The monoisotopic (exact) mass is 451 g/mol. The fraction of sp³-hybridized carbons (Fsp3) is 0.250. The third-order valence-corrected chi connectivity index (χ3v) is 6.28. The van der Waals surface area contributed by atoms with Gasteiger partial charge in [0.1, 0.15) is 0 Å². The summed E-state index contributed by atoms with van der Waals surface area (Å²) in [6, 6.07) is 10.7. The van der Waals surface area contributed by atoms with Gasteiger partial charge in [0.15, 0.2) is 15.8 Å². The first-order valence-corrected chi connectivity index (χ1v) is 10.2. The van der Waals surface area contributed by atoms with Crippen LogP contribution in [0.4, 0.5) is 8.78 Å². The molecule has 2 aromatic carbocycles. The molecule has 0 bridgehead atoms. The summed E-state index contributed by atoms with van der Waals surface area (Å²) in [5.74, 6) is -1.04. The Kier molecular flexibility index (Phi) is 6.58. The van der Waals surface area contributed by atoms with Gasteiger partial charge in [-0.2, -0.15) is 0 Å². The molecule has 1 heterocycles. The molecule has 0 aliphatic heterocycles. The van der Waals surface area contributed by atoms with E-state index in [0.29, 0.717) is 16.6 Å². The van der Waals surface area contributed by atoms with Gasteiger partial charge in [-0.15, -0.1) is 0 Å². The van der Waals surface area contributed by atoms with Crippen molar-refractivity contribution >= 4 is 27.9 Å². The minimum Gasteiger partial charge on any atom is -0.305 e. The van der Waals surface area contributed by atoms with Crippen LogP contribution in [0.2, 0.25) is 0 Å². The van der Waals surface area contributed by atoms with Crippen LogP contribution in [0.25, 0.3) is 22.0 Å². The molecule has 0 radical (unpaired) electrons. The maximum Gasteiger partial charge on any atom is 0.264 e. The number of carbonyl (C=O) groups excluding carboxylic acids is 1. The van der Waals surface area contributed by atoms with Crippen molar-refractivity contribution in [1.82, 2.24) is 15.0 Å². The molecule has 1 aromatic heterocycles. The Labute approximate surface area is 177 Å². The fourth-order valence-corrected chi connectivity index (χ4v) is 3.52. The van der Waals surface area contributed by atoms with Crippen LogP contribution >= 0.6 is 0 Å². The highest BCUT2D eigenvalue weighted by Crippen LogP contribution is 2.26. The van der Waals surface area contributed by atoms with E-state index in [0.717, 1.165) is 0 Å². The first-order chi connectivity index (χ1) is 14.7. The Balaban J connectivity index is 1.89. The van der Waals surface area contributed by atoms with Crippen molar-refractivity contribution in [2.24, 2.45) is 0 Å². The van der Waals surface area contributed by atoms with Gasteiger partial charge in [-0.05, 0) is 36.6 Å². The third-order valence-electron chi connectivity index (χ3n) is 5.12. The molecule has 0 aliphatic rings. The molecule has 31 heavy (non-hydrogen) atoms. The zero-order valence-electron chi connectivity index (χ0n) is 16.3. The largest absolute Gasteiger partial charge is 0.305 e. The molecule has 3 N–H and O–H groups in total. The van der Waals surface area contributed by atoms with E-state index >= 15 is 0 Å². The summed E-state index contributed by atoms with van der Waals surface area (Å²) in [4.78, 5) is 28.8. The van der Waals surface area contributed by atoms with Crippen LogP contribution in [0.3, 0.4) is 0 Å². The number of fused-ring (bicyclic) bond motifs is 1. The number of rotatable bonds is 7. The Hall–Kier alpha value is -3.02. The van der Waals surface area contributed by atoms with Crippen molar-refractivity contribution in [3.63, 3.8) is 0 Å². The van der Waals surface area contributed by atoms with Gasteiger partial charge in [-0.25, -0.2) is 23.5 Å². The zero-order valence-corrected chi connectivity index (χ0v) is 17.1. The molecule has 11 heteroatoms. The molecule has 0 saturated heterocycles. The molecule has 8 nitrogen and oxygen atoms in total. The van der Waals surface area contributed by atoms with Gasteiger partial charge < -0.3 is 4.55 Å². The number of nitrogens with zero attached hydrogens (tertiary/aromatic N) is 2. The van der Waals surface area contributed by atoms with E-state index in [2.05, 4.69) is 4.98 Å². The maximum atomic E-state index is 12.8. The number of carbonyl (C=O) groups is 1. The average molecular weight is 451 g/mol. The Morgan fingerprint density at radius 2 is 1.87 bits per heavy atom. The molecule has 0 saturated carbocycles. The van der Waals surface area contributed by atoms with Crippen LogP contribution in [-0.2, 0) is 22.4 Å². The SMILES string of the molecule is CC(CCn1cnc2cc(-c3ccc(C(F)F)cc3)ccc2c1=O)(C(=O)NO)S(=O)O. The Morgan fingerprint density at radius 3 is 2.45 bits per heavy atom. The van der Waals surface area contributed by atoms with E-state index in [1.807, 2.05) is 0 Å². The number of amides is 1. The maximum absolute atomic E-state index is 12.8. The van der Waals surface area contributed by atoms with Crippen molar-refractivity contribution in [1.29, 1.82) is 0 Å². The predicted octanol–water partition coefficient (Wildman–Crippen LogP) is 2.88. The second kappa shape index (κ2) is 9.00. The first kappa shape index (κ1) is 22.7. The van der Waals surface area contributed by atoms with Crippen LogP contribution in [0, 0.1) is 0 Å². The lowest BCUT2D eigenvalue weighted by Crippen LogP contribution is -2.47. The normalized spacial score (nSPS) is 14.4. The number of alkyl halides is 2. The van der Waals surface area contributed by atoms with E-state index < -0.39 is 33.7 Å². The summed E-state index contributed by atoms with van der Waals surface area (Å²) in [5.41, 5.74) is 2.63. The fourth-order valence-electron chi connectivity index (χ4n) is 3.05.